The molecule has 0 aromatic carbocycles. The lowest BCUT2D eigenvalue weighted by Gasteiger charge is -2.35. The van der Waals surface area contributed by atoms with Crippen molar-refractivity contribution >= 4 is 11.7 Å². The summed E-state index contributed by atoms with van der Waals surface area (Å²) in [5, 5.41) is 14.0. The Kier molecular flexibility index (Phi) is 4.58. The summed E-state index contributed by atoms with van der Waals surface area (Å²) < 4.78 is 2.03. The average molecular weight is 378 g/mol. The van der Waals surface area contributed by atoms with E-state index >= 15 is 0 Å². The van der Waals surface area contributed by atoms with Crippen LogP contribution in [0.4, 0.5) is 5.82 Å². The van der Waals surface area contributed by atoms with E-state index in [9.17, 15) is 10.1 Å². The molecule has 0 atom stereocenters. The quantitative estimate of drug-likeness (QED) is 0.821. The third-order valence-corrected chi connectivity index (χ3v) is 5.36. The largest absolute Gasteiger partial charge is 0.352 e. The second kappa shape index (κ2) is 6.93. The Balaban J connectivity index is 1.48. The third-order valence-electron chi connectivity index (χ3n) is 5.36. The van der Waals surface area contributed by atoms with Crippen LogP contribution in [0.25, 0.3) is 0 Å². The van der Waals surface area contributed by atoms with Gasteiger partial charge >= 0.3 is 0 Å². The number of carbonyl (C=O) groups excluding carboxylic acids is 1. The standard InChI is InChI=1S/C21H26N6O/c1-21(2,3)27-18(15-6-7-15)13-17(24-27)20(28)26-11-9-25(10-12-26)19-16(14-22)5-4-8-23-19/h4-5,8,13,15H,6-7,9-12H2,1-3H3. The van der Waals surface area contributed by atoms with Gasteiger partial charge in [-0.15, -0.1) is 0 Å². The highest BCUT2D eigenvalue weighted by Gasteiger charge is 2.34. The Morgan fingerprint density at radius 2 is 1.93 bits per heavy atom. The first-order valence-electron chi connectivity index (χ1n) is 9.88. The molecule has 0 radical (unpaired) electrons. The van der Waals surface area contributed by atoms with Gasteiger partial charge in [0.25, 0.3) is 5.91 Å². The first kappa shape index (κ1) is 18.5. The molecular weight excluding hydrogens is 352 g/mol. The molecule has 2 aliphatic rings. The van der Waals surface area contributed by atoms with Crippen molar-refractivity contribution in [2.75, 3.05) is 31.1 Å². The van der Waals surface area contributed by atoms with E-state index in [4.69, 9.17) is 0 Å². The lowest BCUT2D eigenvalue weighted by Crippen LogP contribution is -2.49. The van der Waals surface area contributed by atoms with Gasteiger partial charge in [-0.1, -0.05) is 0 Å². The van der Waals surface area contributed by atoms with Gasteiger partial charge < -0.3 is 9.80 Å². The van der Waals surface area contributed by atoms with Gasteiger partial charge in [-0.25, -0.2) is 4.98 Å². The molecule has 7 heteroatoms. The first-order valence-corrected chi connectivity index (χ1v) is 9.88. The maximum Gasteiger partial charge on any atom is 0.274 e. The number of rotatable bonds is 3. The number of amides is 1. The first-order chi connectivity index (χ1) is 13.4. The molecule has 0 N–H and O–H groups in total. The lowest BCUT2D eigenvalue weighted by atomic mass is 10.1. The maximum absolute atomic E-state index is 13.1. The zero-order valence-corrected chi connectivity index (χ0v) is 16.7. The minimum Gasteiger partial charge on any atom is -0.352 e. The minimum absolute atomic E-state index is 0.00826. The van der Waals surface area contributed by atoms with Gasteiger partial charge in [0.05, 0.1) is 11.1 Å². The minimum atomic E-state index is -0.137. The second-order valence-corrected chi connectivity index (χ2v) is 8.58. The van der Waals surface area contributed by atoms with Crippen LogP contribution in [0, 0.1) is 11.3 Å². The summed E-state index contributed by atoms with van der Waals surface area (Å²) in [4.78, 5) is 21.4. The van der Waals surface area contributed by atoms with Gasteiger partial charge in [-0.2, -0.15) is 10.4 Å². The Hall–Kier alpha value is -2.88. The normalized spacial score (nSPS) is 17.5. The fraction of sp³-hybridized carbons (Fsp3) is 0.524. The predicted octanol–water partition coefficient (Wildman–Crippen LogP) is 2.74. The van der Waals surface area contributed by atoms with E-state index in [1.807, 2.05) is 15.6 Å². The van der Waals surface area contributed by atoms with Crippen molar-refractivity contribution < 1.29 is 4.79 Å². The summed E-state index contributed by atoms with van der Waals surface area (Å²) in [7, 11) is 0. The van der Waals surface area contributed by atoms with Crippen molar-refractivity contribution in [1.82, 2.24) is 19.7 Å². The van der Waals surface area contributed by atoms with Crippen LogP contribution in [0.3, 0.4) is 0 Å². The highest BCUT2D eigenvalue weighted by molar-refractivity contribution is 5.92. The second-order valence-electron chi connectivity index (χ2n) is 8.58. The van der Waals surface area contributed by atoms with E-state index in [2.05, 4.69) is 41.8 Å². The molecule has 2 aromatic rings. The summed E-state index contributed by atoms with van der Waals surface area (Å²) in [5.41, 5.74) is 2.16. The van der Waals surface area contributed by atoms with Crippen LogP contribution in [0.5, 0.6) is 0 Å². The molecule has 2 fully saturated rings. The molecule has 0 spiro atoms. The van der Waals surface area contributed by atoms with Gasteiger partial charge in [0.1, 0.15) is 11.9 Å². The van der Waals surface area contributed by atoms with Gasteiger partial charge in [0.2, 0.25) is 0 Å². The molecule has 7 nitrogen and oxygen atoms in total. The van der Waals surface area contributed by atoms with Crippen LogP contribution in [0.15, 0.2) is 24.4 Å². The maximum atomic E-state index is 13.1. The van der Waals surface area contributed by atoms with Gasteiger partial charge in [-0.3, -0.25) is 9.48 Å². The van der Waals surface area contributed by atoms with Crippen LogP contribution in [-0.4, -0.2) is 51.8 Å². The third kappa shape index (κ3) is 3.47. The molecule has 1 aliphatic carbocycles. The van der Waals surface area contributed by atoms with Gasteiger partial charge in [0.15, 0.2) is 5.69 Å². The van der Waals surface area contributed by atoms with Crippen molar-refractivity contribution in [3.8, 4) is 6.07 Å². The molecule has 1 amide bonds. The molecule has 0 unspecified atom stereocenters. The zero-order valence-electron chi connectivity index (χ0n) is 16.7. The Morgan fingerprint density at radius 3 is 2.54 bits per heavy atom. The van der Waals surface area contributed by atoms with Gasteiger partial charge in [-0.05, 0) is 51.8 Å². The Labute approximate surface area is 165 Å². The zero-order chi connectivity index (χ0) is 19.9. The van der Waals surface area contributed by atoms with Crippen molar-refractivity contribution in [3.63, 3.8) is 0 Å². The van der Waals surface area contributed by atoms with Crippen molar-refractivity contribution in [1.29, 1.82) is 5.26 Å². The molecule has 4 rings (SSSR count). The van der Waals surface area contributed by atoms with Crippen molar-refractivity contribution in [3.05, 3.63) is 41.3 Å². The van der Waals surface area contributed by atoms with Crippen LogP contribution < -0.4 is 4.90 Å². The number of anilines is 1. The topological polar surface area (TPSA) is 78.1 Å². The molecule has 0 bridgehead atoms. The molecular formula is C21H26N6O. The van der Waals surface area contributed by atoms with E-state index in [1.54, 1.807) is 18.3 Å². The molecule has 1 aliphatic heterocycles. The fourth-order valence-corrected chi connectivity index (χ4v) is 3.73. The van der Waals surface area contributed by atoms with Crippen LogP contribution in [0.2, 0.25) is 0 Å². The molecule has 1 saturated heterocycles. The number of hydrogen-bond acceptors (Lipinski definition) is 5. The van der Waals surface area contributed by atoms with Crippen molar-refractivity contribution in [2.45, 2.75) is 45.1 Å². The van der Waals surface area contributed by atoms with E-state index in [1.165, 1.54) is 18.5 Å². The molecule has 2 aromatic heterocycles. The monoisotopic (exact) mass is 378 g/mol. The summed E-state index contributed by atoms with van der Waals surface area (Å²) in [6.07, 6.45) is 4.06. The van der Waals surface area contributed by atoms with Crippen LogP contribution in [0.1, 0.15) is 61.3 Å². The molecule has 3 heterocycles. The van der Waals surface area contributed by atoms with Gasteiger partial charge in [0, 0.05) is 44.0 Å². The highest BCUT2D eigenvalue weighted by Crippen LogP contribution is 2.41. The van der Waals surface area contributed by atoms with E-state index in [0.29, 0.717) is 49.2 Å². The van der Waals surface area contributed by atoms with Crippen LogP contribution >= 0.6 is 0 Å². The number of aromatic nitrogens is 3. The fourth-order valence-electron chi connectivity index (χ4n) is 3.73. The van der Waals surface area contributed by atoms with Crippen LogP contribution in [-0.2, 0) is 5.54 Å². The molecule has 1 saturated carbocycles. The molecule has 28 heavy (non-hydrogen) atoms. The number of nitriles is 1. The SMILES string of the molecule is CC(C)(C)n1nc(C(=O)N2CCN(c3ncccc3C#N)CC2)cc1C1CC1. The predicted molar refractivity (Wildman–Crippen MR) is 106 cm³/mol. The average Bonchev–Trinajstić information content (AvgIpc) is 3.44. The molecule has 146 valence electrons. The van der Waals surface area contributed by atoms with E-state index < -0.39 is 0 Å². The Bertz CT molecular complexity index is 923. The Morgan fingerprint density at radius 1 is 1.21 bits per heavy atom. The van der Waals surface area contributed by atoms with Crippen molar-refractivity contribution in [2.24, 2.45) is 0 Å². The van der Waals surface area contributed by atoms with E-state index in [-0.39, 0.29) is 11.4 Å². The highest BCUT2D eigenvalue weighted by atomic mass is 16.2. The number of pyridine rings is 1. The summed E-state index contributed by atoms with van der Waals surface area (Å²) in [6, 6.07) is 7.73. The number of piperazine rings is 1. The smallest absolute Gasteiger partial charge is 0.274 e. The van der Waals surface area contributed by atoms with E-state index in [0.717, 1.165) is 0 Å². The number of hydrogen-bond donors (Lipinski definition) is 0. The summed E-state index contributed by atoms with van der Waals surface area (Å²) >= 11 is 0. The summed E-state index contributed by atoms with van der Waals surface area (Å²) in [6.45, 7) is 8.89. The number of carbonyl (C=O) groups is 1. The lowest BCUT2D eigenvalue weighted by molar-refractivity contribution is 0.0739. The summed E-state index contributed by atoms with van der Waals surface area (Å²) in [5.74, 6) is 1.23. The number of nitrogens with zero attached hydrogens (tertiary/aromatic N) is 6.